The molecule has 0 saturated heterocycles. The fraction of sp³-hybridized carbons (Fsp3) is 0.100. The molecule has 0 aliphatic carbocycles. The first-order valence-corrected chi connectivity index (χ1v) is 4.79. The lowest BCUT2D eigenvalue weighted by molar-refractivity contribution is 1.01. The summed E-state index contributed by atoms with van der Waals surface area (Å²) >= 11 is 0. The zero-order valence-corrected chi connectivity index (χ0v) is 8.56. The molecule has 0 bridgehead atoms. The number of rotatable bonds is 0. The van der Waals surface area contributed by atoms with Crippen molar-refractivity contribution in [3.8, 4) is 0 Å². The van der Waals surface area contributed by atoms with Gasteiger partial charge in [-0.25, -0.2) is 4.99 Å². The maximum absolute atomic E-state index is 11.4. The number of anilines is 1. The summed E-state index contributed by atoms with van der Waals surface area (Å²) in [7, 11) is 0. The summed E-state index contributed by atoms with van der Waals surface area (Å²) in [4.78, 5) is 19.6. The van der Waals surface area contributed by atoms with Gasteiger partial charge in [0.1, 0.15) is 11.7 Å². The summed E-state index contributed by atoms with van der Waals surface area (Å²) in [6.45, 7) is 1.79. The molecule has 0 amide bonds. The van der Waals surface area contributed by atoms with Gasteiger partial charge in [-0.1, -0.05) is 0 Å². The Kier molecular flexibility index (Phi) is 1.57. The number of amidine groups is 1. The van der Waals surface area contributed by atoms with Crippen molar-refractivity contribution in [3.05, 3.63) is 28.7 Å². The minimum atomic E-state index is -0.289. The summed E-state index contributed by atoms with van der Waals surface area (Å²) in [6.07, 6.45) is 1.72. The number of aromatic nitrogens is 2. The molecule has 3 rings (SSSR count). The zero-order chi connectivity index (χ0) is 11.3. The van der Waals surface area contributed by atoms with Crippen molar-refractivity contribution in [3.63, 3.8) is 0 Å². The molecule has 0 unspecified atom stereocenters. The maximum Gasteiger partial charge on any atom is 0.271 e. The van der Waals surface area contributed by atoms with Gasteiger partial charge in [-0.15, -0.1) is 0 Å². The van der Waals surface area contributed by atoms with E-state index in [1.807, 2.05) is 0 Å². The third kappa shape index (κ3) is 1.10. The van der Waals surface area contributed by atoms with Crippen LogP contribution < -0.4 is 16.7 Å². The molecule has 0 aromatic carbocycles. The van der Waals surface area contributed by atoms with Crippen molar-refractivity contribution in [2.45, 2.75) is 6.92 Å². The summed E-state index contributed by atoms with van der Waals surface area (Å²) < 4.78 is 1.44. The Morgan fingerprint density at radius 3 is 3.06 bits per heavy atom. The van der Waals surface area contributed by atoms with Gasteiger partial charge in [0, 0.05) is 17.6 Å². The van der Waals surface area contributed by atoms with E-state index in [2.05, 4.69) is 15.3 Å². The highest BCUT2D eigenvalue weighted by atomic mass is 16.1. The lowest BCUT2D eigenvalue weighted by Crippen LogP contribution is -2.15. The molecule has 0 saturated carbocycles. The van der Waals surface area contributed by atoms with Crippen molar-refractivity contribution in [2.75, 3.05) is 11.2 Å². The molecule has 0 radical (unpaired) electrons. The Hall–Kier alpha value is -2.37. The van der Waals surface area contributed by atoms with Crippen LogP contribution in [0.4, 0.5) is 11.6 Å². The normalized spacial score (nSPS) is 13.4. The number of nitrogens with zero attached hydrogens (tertiary/aromatic N) is 3. The summed E-state index contributed by atoms with van der Waals surface area (Å²) in [6, 6.07) is 3.11. The third-order valence-electron chi connectivity index (χ3n) is 2.47. The highest BCUT2D eigenvalue weighted by molar-refractivity contribution is 6.11. The molecular formula is C10H9N5O. The van der Waals surface area contributed by atoms with Gasteiger partial charge < -0.3 is 11.2 Å². The molecule has 3 N–H and O–H groups in total. The first-order valence-electron chi connectivity index (χ1n) is 4.79. The van der Waals surface area contributed by atoms with Crippen LogP contribution in [-0.4, -0.2) is 15.5 Å². The van der Waals surface area contributed by atoms with Gasteiger partial charge in [-0.3, -0.25) is 9.47 Å². The van der Waals surface area contributed by atoms with E-state index in [0.29, 0.717) is 17.5 Å². The van der Waals surface area contributed by atoms with E-state index in [9.17, 15) is 4.79 Å². The van der Waals surface area contributed by atoms with E-state index in [-0.39, 0.29) is 5.56 Å². The number of nitrogens with one attached hydrogen (secondary N) is 1. The van der Waals surface area contributed by atoms with Gasteiger partial charge in [0.05, 0.1) is 5.39 Å². The number of hydrogen-bond donors (Lipinski definition) is 2. The van der Waals surface area contributed by atoms with E-state index >= 15 is 0 Å². The smallest absolute Gasteiger partial charge is 0.271 e. The van der Waals surface area contributed by atoms with Crippen LogP contribution in [0.15, 0.2) is 28.1 Å². The fourth-order valence-corrected chi connectivity index (χ4v) is 1.83. The Labute approximate surface area is 90.4 Å². The number of nitrogen functional groups attached to an aromatic ring is 1. The van der Waals surface area contributed by atoms with Crippen LogP contribution in [0, 0.1) is 0 Å². The van der Waals surface area contributed by atoms with Crippen LogP contribution >= 0.6 is 0 Å². The predicted octanol–water partition coefficient (Wildman–Crippen LogP) is 0.586. The Morgan fingerprint density at radius 1 is 1.44 bits per heavy atom. The molecule has 0 fully saturated rings. The standard InChI is InChI=1S/C10H9N5O/c1-5-12-9-8-6(2-3-7(16)14-9)4-15(11)10(8)13-5/h2-4H,11H2,1H3,(H,12,13,14,16). The minimum Gasteiger partial charge on any atom is -0.338 e. The number of hydrogen-bond acceptors (Lipinski definition) is 5. The summed E-state index contributed by atoms with van der Waals surface area (Å²) in [5.74, 6) is 7.57. The monoisotopic (exact) mass is 215 g/mol. The molecule has 1 aliphatic heterocycles. The van der Waals surface area contributed by atoms with E-state index in [1.165, 1.54) is 10.7 Å². The number of aliphatic imine (C=N–C) groups is 1. The molecule has 6 nitrogen and oxygen atoms in total. The summed E-state index contributed by atoms with van der Waals surface area (Å²) in [5, 5.41) is 4.58. The van der Waals surface area contributed by atoms with Crippen LogP contribution in [0.1, 0.15) is 6.92 Å². The lowest BCUT2D eigenvalue weighted by atomic mass is 10.2. The van der Waals surface area contributed by atoms with E-state index in [1.54, 1.807) is 19.2 Å². The van der Waals surface area contributed by atoms with Crippen molar-refractivity contribution in [1.29, 1.82) is 0 Å². The molecule has 80 valence electrons. The van der Waals surface area contributed by atoms with Crippen LogP contribution in [0.2, 0.25) is 0 Å². The molecule has 1 aliphatic rings. The lowest BCUT2D eigenvalue weighted by Gasteiger charge is -2.10. The van der Waals surface area contributed by atoms with Gasteiger partial charge >= 0.3 is 0 Å². The van der Waals surface area contributed by atoms with E-state index in [0.717, 1.165) is 10.8 Å². The predicted molar refractivity (Wildman–Crippen MR) is 62.5 cm³/mol. The maximum atomic E-state index is 11.4. The van der Waals surface area contributed by atoms with Gasteiger partial charge in [-0.05, 0) is 13.0 Å². The minimum absolute atomic E-state index is 0.289. The molecule has 16 heavy (non-hydrogen) atoms. The Morgan fingerprint density at radius 2 is 2.25 bits per heavy atom. The van der Waals surface area contributed by atoms with Gasteiger partial charge in [0.25, 0.3) is 5.56 Å². The highest BCUT2D eigenvalue weighted by Gasteiger charge is 2.17. The molecule has 2 aromatic rings. The third-order valence-corrected chi connectivity index (χ3v) is 2.47. The second-order valence-electron chi connectivity index (χ2n) is 3.64. The average molecular weight is 215 g/mol. The average Bonchev–Trinajstić information content (AvgIpc) is 2.43. The quantitative estimate of drug-likeness (QED) is 0.629. The topological polar surface area (TPSA) is 85.3 Å². The Balaban J connectivity index is 2.56. The zero-order valence-electron chi connectivity index (χ0n) is 8.56. The van der Waals surface area contributed by atoms with Gasteiger partial charge in [0.15, 0.2) is 5.82 Å². The molecule has 2 aromatic heterocycles. The number of nitrogens with two attached hydrogens (primary N) is 1. The van der Waals surface area contributed by atoms with Crippen LogP contribution in [-0.2, 0) is 0 Å². The Bertz CT molecular complexity index is 685. The fourth-order valence-electron chi connectivity index (χ4n) is 1.83. The first-order chi connectivity index (χ1) is 7.65. The largest absolute Gasteiger partial charge is 0.338 e. The van der Waals surface area contributed by atoms with E-state index in [4.69, 9.17) is 5.84 Å². The molecule has 0 spiro atoms. The molecule has 0 atom stereocenters. The molecule has 6 heteroatoms. The van der Waals surface area contributed by atoms with Crippen LogP contribution in [0.5, 0.6) is 0 Å². The van der Waals surface area contributed by atoms with Gasteiger partial charge in [-0.2, -0.15) is 4.98 Å². The second-order valence-corrected chi connectivity index (χ2v) is 3.64. The first kappa shape index (κ1) is 8.90. The molecular weight excluding hydrogens is 206 g/mol. The van der Waals surface area contributed by atoms with Crippen molar-refractivity contribution >= 4 is 28.2 Å². The SMILES string of the molecule is CC1=Nc2c3c(nc(=O)ccc3cn2N)N1. The van der Waals surface area contributed by atoms with Crippen molar-refractivity contribution in [2.24, 2.45) is 4.99 Å². The summed E-state index contributed by atoms with van der Waals surface area (Å²) in [5.41, 5.74) is -0.289. The van der Waals surface area contributed by atoms with Crippen LogP contribution in [0.25, 0.3) is 10.8 Å². The van der Waals surface area contributed by atoms with Crippen molar-refractivity contribution in [1.82, 2.24) is 9.66 Å². The highest BCUT2D eigenvalue weighted by Crippen LogP contribution is 2.33. The van der Waals surface area contributed by atoms with Crippen LogP contribution in [0.3, 0.4) is 0 Å². The molecule has 3 heterocycles. The van der Waals surface area contributed by atoms with E-state index < -0.39 is 0 Å². The van der Waals surface area contributed by atoms with Gasteiger partial charge in [0.2, 0.25) is 0 Å². The van der Waals surface area contributed by atoms with Crippen molar-refractivity contribution < 1.29 is 0 Å². The second kappa shape index (κ2) is 2.82.